The van der Waals surface area contributed by atoms with Gasteiger partial charge in [-0.25, -0.2) is 13.4 Å². The molecule has 0 saturated heterocycles. The minimum atomic E-state index is -3.65. The van der Waals surface area contributed by atoms with Crippen molar-refractivity contribution in [2.24, 2.45) is 0 Å². The Kier molecular flexibility index (Phi) is 3.60. The number of thiazole rings is 1. The number of hydrogen-bond donors (Lipinski definition) is 2. The monoisotopic (exact) mass is 347 g/mol. The van der Waals surface area contributed by atoms with Crippen LogP contribution in [0.3, 0.4) is 0 Å². The van der Waals surface area contributed by atoms with Gasteiger partial charge in [0, 0.05) is 4.47 Å². The third-order valence-corrected chi connectivity index (χ3v) is 5.79. The number of nitrogens with zero attached hydrogens (tertiary/aromatic N) is 1. The number of nitrogens with two attached hydrogens (primary N) is 1. The molecule has 18 heavy (non-hydrogen) atoms. The second kappa shape index (κ2) is 4.87. The lowest BCUT2D eigenvalue weighted by atomic mass is 10.3. The molecule has 0 spiro atoms. The molecule has 0 bridgehead atoms. The average molecular weight is 348 g/mol. The number of sulfonamides is 1. The van der Waals surface area contributed by atoms with Crippen molar-refractivity contribution in [3.8, 4) is 0 Å². The first-order chi connectivity index (χ1) is 8.40. The van der Waals surface area contributed by atoms with Crippen molar-refractivity contribution in [3.63, 3.8) is 0 Å². The van der Waals surface area contributed by atoms with Crippen LogP contribution in [0.4, 0.5) is 10.8 Å². The Morgan fingerprint density at radius 1 is 1.39 bits per heavy atom. The number of rotatable bonds is 3. The van der Waals surface area contributed by atoms with E-state index in [-0.39, 0.29) is 9.34 Å². The molecule has 1 aromatic heterocycles. The van der Waals surface area contributed by atoms with Gasteiger partial charge in [-0.15, -0.1) is 0 Å². The SMILES string of the molecule is Cc1nc(N)sc1S(=O)(=O)Nc1ccccc1Br. The number of benzene rings is 1. The van der Waals surface area contributed by atoms with Crippen LogP contribution in [0.5, 0.6) is 0 Å². The van der Waals surface area contributed by atoms with Crippen molar-refractivity contribution in [1.29, 1.82) is 0 Å². The van der Waals surface area contributed by atoms with Gasteiger partial charge < -0.3 is 5.73 Å². The zero-order chi connectivity index (χ0) is 13.3. The number of nitrogen functional groups attached to an aromatic ring is 1. The van der Waals surface area contributed by atoms with Crippen LogP contribution in [-0.4, -0.2) is 13.4 Å². The van der Waals surface area contributed by atoms with Crippen molar-refractivity contribution < 1.29 is 8.42 Å². The van der Waals surface area contributed by atoms with E-state index in [1.807, 2.05) is 0 Å². The first-order valence-corrected chi connectivity index (χ1v) is 7.99. The molecule has 0 saturated carbocycles. The van der Waals surface area contributed by atoms with Crippen LogP contribution in [0.2, 0.25) is 0 Å². The van der Waals surface area contributed by atoms with Crippen molar-refractivity contribution in [3.05, 3.63) is 34.4 Å². The highest BCUT2D eigenvalue weighted by Gasteiger charge is 2.21. The molecule has 0 aliphatic carbocycles. The summed E-state index contributed by atoms with van der Waals surface area (Å²) in [5.41, 5.74) is 6.38. The summed E-state index contributed by atoms with van der Waals surface area (Å²) in [5.74, 6) is 0. The summed E-state index contributed by atoms with van der Waals surface area (Å²) in [7, 11) is -3.65. The average Bonchev–Trinajstić information content (AvgIpc) is 2.62. The fraction of sp³-hybridized carbons (Fsp3) is 0.100. The van der Waals surface area contributed by atoms with Crippen molar-refractivity contribution in [2.45, 2.75) is 11.1 Å². The van der Waals surface area contributed by atoms with E-state index in [1.54, 1.807) is 31.2 Å². The second-order valence-corrected chi connectivity index (χ2v) is 7.27. The van der Waals surface area contributed by atoms with Crippen LogP contribution < -0.4 is 10.5 Å². The lowest BCUT2D eigenvalue weighted by Gasteiger charge is -2.08. The molecule has 1 heterocycles. The van der Waals surface area contributed by atoms with Crippen LogP contribution in [0.15, 0.2) is 32.9 Å². The maximum atomic E-state index is 12.2. The third-order valence-electron chi connectivity index (χ3n) is 2.13. The van der Waals surface area contributed by atoms with Gasteiger partial charge in [0.2, 0.25) is 0 Å². The van der Waals surface area contributed by atoms with E-state index in [0.29, 0.717) is 15.9 Å². The predicted octanol–water partition coefficient (Wildman–Crippen LogP) is 2.60. The molecule has 2 aromatic rings. The molecule has 96 valence electrons. The molecule has 0 aliphatic rings. The van der Waals surface area contributed by atoms with E-state index >= 15 is 0 Å². The highest BCUT2D eigenvalue weighted by Crippen LogP contribution is 2.29. The fourth-order valence-electron chi connectivity index (χ4n) is 1.39. The topological polar surface area (TPSA) is 85.1 Å². The Morgan fingerprint density at radius 3 is 2.61 bits per heavy atom. The summed E-state index contributed by atoms with van der Waals surface area (Å²) in [4.78, 5) is 3.91. The van der Waals surface area contributed by atoms with Gasteiger partial charge in [0.05, 0.1) is 11.4 Å². The van der Waals surface area contributed by atoms with Gasteiger partial charge in [0.25, 0.3) is 10.0 Å². The number of aromatic nitrogens is 1. The number of aryl methyl sites for hydroxylation is 1. The maximum absolute atomic E-state index is 12.2. The molecule has 3 N–H and O–H groups in total. The Bertz CT molecular complexity index is 682. The molecule has 0 aliphatic heterocycles. The molecule has 8 heteroatoms. The molecular formula is C10H10BrN3O2S2. The van der Waals surface area contributed by atoms with Gasteiger partial charge in [-0.1, -0.05) is 23.5 Å². The van der Waals surface area contributed by atoms with E-state index in [1.165, 1.54) is 0 Å². The Balaban J connectivity index is 2.40. The largest absolute Gasteiger partial charge is 0.375 e. The number of nitrogens with one attached hydrogen (secondary N) is 1. The zero-order valence-electron chi connectivity index (χ0n) is 9.34. The van der Waals surface area contributed by atoms with Crippen LogP contribution >= 0.6 is 27.3 Å². The molecule has 5 nitrogen and oxygen atoms in total. The van der Waals surface area contributed by atoms with Crippen LogP contribution in [0.1, 0.15) is 5.69 Å². The van der Waals surface area contributed by atoms with Gasteiger partial charge in [0.1, 0.15) is 0 Å². The summed E-state index contributed by atoms with van der Waals surface area (Å²) in [6.07, 6.45) is 0. The lowest BCUT2D eigenvalue weighted by molar-refractivity contribution is 0.602. The molecule has 0 atom stereocenters. The normalized spacial score (nSPS) is 11.4. The summed E-state index contributed by atoms with van der Waals surface area (Å²) in [5, 5.41) is 0.236. The van der Waals surface area contributed by atoms with Gasteiger partial charge in [-0.2, -0.15) is 0 Å². The summed E-state index contributed by atoms with van der Waals surface area (Å²) in [6.45, 7) is 1.61. The van der Waals surface area contributed by atoms with Crippen LogP contribution in [-0.2, 0) is 10.0 Å². The highest BCUT2D eigenvalue weighted by atomic mass is 79.9. The van der Waals surface area contributed by atoms with E-state index < -0.39 is 10.0 Å². The first-order valence-electron chi connectivity index (χ1n) is 4.90. The molecule has 1 aromatic carbocycles. The Hall–Kier alpha value is -1.12. The summed E-state index contributed by atoms with van der Waals surface area (Å²) < 4.78 is 27.6. The van der Waals surface area contributed by atoms with Gasteiger partial charge in [0.15, 0.2) is 9.34 Å². The Labute approximate surface area is 117 Å². The number of halogens is 1. The molecule has 2 rings (SSSR count). The molecule has 0 unspecified atom stereocenters. The minimum Gasteiger partial charge on any atom is -0.375 e. The molecule has 0 fully saturated rings. The predicted molar refractivity (Wildman–Crippen MR) is 76.2 cm³/mol. The molecule has 0 radical (unpaired) electrons. The standard InChI is InChI=1S/C10H10BrN3O2S2/c1-6-9(17-10(12)13-6)18(15,16)14-8-5-3-2-4-7(8)11/h2-5,14H,1H3,(H2,12,13). The second-order valence-electron chi connectivity index (χ2n) is 3.51. The van der Waals surface area contributed by atoms with E-state index in [4.69, 9.17) is 5.73 Å². The molecule has 0 amide bonds. The smallest absolute Gasteiger partial charge is 0.273 e. The quantitative estimate of drug-likeness (QED) is 0.893. The highest BCUT2D eigenvalue weighted by molar-refractivity contribution is 9.10. The lowest BCUT2D eigenvalue weighted by Crippen LogP contribution is -2.13. The van der Waals surface area contributed by atoms with E-state index in [2.05, 4.69) is 25.6 Å². The Morgan fingerprint density at radius 2 is 2.06 bits per heavy atom. The zero-order valence-corrected chi connectivity index (χ0v) is 12.6. The van der Waals surface area contributed by atoms with Crippen LogP contribution in [0, 0.1) is 6.92 Å². The van der Waals surface area contributed by atoms with Crippen molar-refractivity contribution >= 4 is 48.1 Å². The minimum absolute atomic E-state index is 0.135. The maximum Gasteiger partial charge on any atom is 0.273 e. The van der Waals surface area contributed by atoms with Gasteiger partial charge in [-0.3, -0.25) is 4.72 Å². The van der Waals surface area contributed by atoms with E-state index in [9.17, 15) is 8.42 Å². The summed E-state index contributed by atoms with van der Waals surface area (Å²) >= 11 is 4.23. The summed E-state index contributed by atoms with van der Waals surface area (Å²) in [6, 6.07) is 6.97. The van der Waals surface area contributed by atoms with E-state index in [0.717, 1.165) is 11.3 Å². The molecular weight excluding hydrogens is 338 g/mol. The van der Waals surface area contributed by atoms with Gasteiger partial charge >= 0.3 is 0 Å². The van der Waals surface area contributed by atoms with Crippen LogP contribution in [0.25, 0.3) is 0 Å². The van der Waals surface area contributed by atoms with Gasteiger partial charge in [-0.05, 0) is 35.0 Å². The first kappa shape index (κ1) is 13.3. The van der Waals surface area contributed by atoms with Crippen molar-refractivity contribution in [1.82, 2.24) is 4.98 Å². The fourth-order valence-corrected chi connectivity index (χ4v) is 4.28. The number of hydrogen-bond acceptors (Lipinski definition) is 5. The number of para-hydroxylation sites is 1. The van der Waals surface area contributed by atoms with Crippen molar-refractivity contribution in [2.75, 3.05) is 10.5 Å². The number of anilines is 2. The third kappa shape index (κ3) is 2.65.